The van der Waals surface area contributed by atoms with Crippen molar-refractivity contribution >= 4 is 5.91 Å². The van der Waals surface area contributed by atoms with E-state index in [2.05, 4.69) is 10.6 Å². The zero-order chi connectivity index (χ0) is 16.0. The van der Waals surface area contributed by atoms with Gasteiger partial charge in [0, 0.05) is 13.7 Å². The highest BCUT2D eigenvalue weighted by Gasteiger charge is 2.39. The number of carbonyl (C=O) groups excluding carboxylic acids is 1. The third-order valence-corrected chi connectivity index (χ3v) is 4.13. The Balaban J connectivity index is 1.87. The van der Waals surface area contributed by atoms with E-state index in [9.17, 15) is 9.18 Å². The number of hydrogen-bond donors (Lipinski definition) is 2. The Bertz CT molecular complexity index is 516. The van der Waals surface area contributed by atoms with Gasteiger partial charge in [0.05, 0.1) is 7.11 Å². The molecule has 1 fully saturated rings. The number of carbonyl (C=O) groups is 1. The standard InChI is InChI=1S/C16H23FN2O3/c1-21-14-4-3-12(11-13(14)17)5-8-19-15(20)16(22-2)6-9-18-10-7-16/h3-4,11,18H,5-10H2,1-2H3,(H,19,20). The highest BCUT2D eigenvalue weighted by atomic mass is 19.1. The Kier molecular flexibility index (Phi) is 5.74. The van der Waals surface area contributed by atoms with Crippen molar-refractivity contribution in [3.8, 4) is 5.75 Å². The largest absolute Gasteiger partial charge is 0.494 e. The van der Waals surface area contributed by atoms with Crippen molar-refractivity contribution in [3.05, 3.63) is 29.6 Å². The van der Waals surface area contributed by atoms with E-state index in [0.29, 0.717) is 25.8 Å². The van der Waals surface area contributed by atoms with Crippen molar-refractivity contribution < 1.29 is 18.7 Å². The van der Waals surface area contributed by atoms with E-state index in [-0.39, 0.29) is 11.7 Å². The number of hydrogen-bond acceptors (Lipinski definition) is 4. The van der Waals surface area contributed by atoms with E-state index in [1.807, 2.05) is 0 Å². The van der Waals surface area contributed by atoms with Gasteiger partial charge in [-0.2, -0.15) is 0 Å². The van der Waals surface area contributed by atoms with Gasteiger partial charge in [0.15, 0.2) is 11.6 Å². The molecule has 6 heteroatoms. The van der Waals surface area contributed by atoms with Crippen LogP contribution in [-0.4, -0.2) is 45.4 Å². The maximum atomic E-state index is 13.6. The van der Waals surface area contributed by atoms with E-state index >= 15 is 0 Å². The molecular formula is C16H23FN2O3. The van der Waals surface area contributed by atoms with Crippen molar-refractivity contribution in [1.29, 1.82) is 0 Å². The van der Waals surface area contributed by atoms with Crippen LogP contribution in [0, 0.1) is 5.82 Å². The number of nitrogens with one attached hydrogen (secondary N) is 2. The van der Waals surface area contributed by atoms with Gasteiger partial charge in [-0.25, -0.2) is 4.39 Å². The normalized spacial score (nSPS) is 17.0. The maximum Gasteiger partial charge on any atom is 0.252 e. The van der Waals surface area contributed by atoms with Crippen LogP contribution in [0.5, 0.6) is 5.75 Å². The third kappa shape index (κ3) is 3.75. The maximum absolute atomic E-state index is 13.6. The molecule has 0 radical (unpaired) electrons. The molecule has 1 aromatic rings. The average molecular weight is 310 g/mol. The van der Waals surface area contributed by atoms with Crippen LogP contribution in [0.25, 0.3) is 0 Å². The van der Waals surface area contributed by atoms with E-state index in [0.717, 1.165) is 18.7 Å². The summed E-state index contributed by atoms with van der Waals surface area (Å²) in [5.74, 6) is -0.260. The van der Waals surface area contributed by atoms with Crippen molar-refractivity contribution in [3.63, 3.8) is 0 Å². The molecule has 0 aliphatic carbocycles. The molecule has 122 valence electrons. The van der Waals surface area contributed by atoms with Crippen molar-refractivity contribution in [1.82, 2.24) is 10.6 Å². The average Bonchev–Trinajstić information content (AvgIpc) is 2.55. The molecule has 1 aliphatic rings. The summed E-state index contributed by atoms with van der Waals surface area (Å²) in [6.45, 7) is 1.99. The van der Waals surface area contributed by atoms with Gasteiger partial charge in [-0.3, -0.25) is 4.79 Å². The molecule has 0 bridgehead atoms. The van der Waals surface area contributed by atoms with Crippen LogP contribution in [0.3, 0.4) is 0 Å². The number of ether oxygens (including phenoxy) is 2. The van der Waals surface area contributed by atoms with Gasteiger partial charge in [-0.15, -0.1) is 0 Å². The summed E-state index contributed by atoms with van der Waals surface area (Å²) in [6, 6.07) is 4.82. The first-order valence-corrected chi connectivity index (χ1v) is 7.48. The van der Waals surface area contributed by atoms with E-state index < -0.39 is 11.4 Å². The number of benzene rings is 1. The summed E-state index contributed by atoms with van der Waals surface area (Å²) in [5, 5.41) is 6.11. The highest BCUT2D eigenvalue weighted by Crippen LogP contribution is 2.22. The van der Waals surface area contributed by atoms with Gasteiger partial charge in [-0.05, 0) is 50.0 Å². The lowest BCUT2D eigenvalue weighted by Gasteiger charge is -2.34. The zero-order valence-electron chi connectivity index (χ0n) is 13.1. The molecule has 0 spiro atoms. The number of methoxy groups -OCH3 is 2. The molecule has 0 unspecified atom stereocenters. The lowest BCUT2D eigenvalue weighted by Crippen LogP contribution is -2.54. The Morgan fingerprint density at radius 2 is 2.09 bits per heavy atom. The topological polar surface area (TPSA) is 59.6 Å². The minimum Gasteiger partial charge on any atom is -0.494 e. The van der Waals surface area contributed by atoms with Crippen LogP contribution in [0.1, 0.15) is 18.4 Å². The molecular weight excluding hydrogens is 287 g/mol. The van der Waals surface area contributed by atoms with Crippen molar-refractivity contribution in [2.45, 2.75) is 24.9 Å². The minimum atomic E-state index is -0.740. The molecule has 1 heterocycles. The van der Waals surface area contributed by atoms with Crippen LogP contribution >= 0.6 is 0 Å². The second kappa shape index (κ2) is 7.56. The molecule has 0 saturated carbocycles. The fraction of sp³-hybridized carbons (Fsp3) is 0.562. The van der Waals surface area contributed by atoms with E-state index in [1.54, 1.807) is 19.2 Å². The Labute approximate surface area is 130 Å². The van der Waals surface area contributed by atoms with Crippen molar-refractivity contribution in [2.24, 2.45) is 0 Å². The van der Waals surface area contributed by atoms with Gasteiger partial charge in [0.25, 0.3) is 5.91 Å². The Hall–Kier alpha value is -1.66. The number of rotatable bonds is 6. The second-order valence-corrected chi connectivity index (χ2v) is 5.42. The first-order chi connectivity index (χ1) is 10.6. The van der Waals surface area contributed by atoms with Gasteiger partial charge in [0.2, 0.25) is 0 Å². The summed E-state index contributed by atoms with van der Waals surface area (Å²) < 4.78 is 24.0. The van der Waals surface area contributed by atoms with Crippen LogP contribution in [0.2, 0.25) is 0 Å². The van der Waals surface area contributed by atoms with Crippen LogP contribution in [0.4, 0.5) is 4.39 Å². The predicted molar refractivity (Wildman–Crippen MR) is 81.5 cm³/mol. The predicted octanol–water partition coefficient (Wildman–Crippen LogP) is 1.26. The summed E-state index contributed by atoms with van der Waals surface area (Å²) in [4.78, 5) is 12.4. The molecule has 5 nitrogen and oxygen atoms in total. The van der Waals surface area contributed by atoms with E-state index in [1.165, 1.54) is 13.2 Å². The van der Waals surface area contributed by atoms with Gasteiger partial charge >= 0.3 is 0 Å². The van der Waals surface area contributed by atoms with Crippen LogP contribution in [-0.2, 0) is 16.0 Å². The fourth-order valence-electron chi connectivity index (χ4n) is 2.70. The molecule has 0 atom stereocenters. The molecule has 1 aromatic carbocycles. The molecule has 2 rings (SSSR count). The molecule has 1 saturated heterocycles. The summed E-state index contributed by atoms with van der Waals surface area (Å²) in [6.07, 6.45) is 1.88. The van der Waals surface area contributed by atoms with Crippen molar-refractivity contribution in [2.75, 3.05) is 33.9 Å². The molecule has 1 amide bonds. The summed E-state index contributed by atoms with van der Waals surface area (Å²) in [7, 11) is 3.01. The lowest BCUT2D eigenvalue weighted by atomic mass is 9.91. The highest BCUT2D eigenvalue weighted by molar-refractivity contribution is 5.85. The van der Waals surface area contributed by atoms with Gasteiger partial charge in [-0.1, -0.05) is 6.07 Å². The molecule has 0 aromatic heterocycles. The van der Waals surface area contributed by atoms with E-state index in [4.69, 9.17) is 9.47 Å². The lowest BCUT2D eigenvalue weighted by molar-refractivity contribution is -0.146. The zero-order valence-corrected chi connectivity index (χ0v) is 13.1. The number of halogens is 1. The van der Waals surface area contributed by atoms with Crippen LogP contribution < -0.4 is 15.4 Å². The SMILES string of the molecule is COc1ccc(CCNC(=O)C2(OC)CCNCC2)cc1F. The first kappa shape index (κ1) is 16.7. The fourth-order valence-corrected chi connectivity index (χ4v) is 2.70. The quantitative estimate of drug-likeness (QED) is 0.830. The Morgan fingerprint density at radius 1 is 1.36 bits per heavy atom. The smallest absolute Gasteiger partial charge is 0.252 e. The minimum absolute atomic E-state index is 0.0921. The first-order valence-electron chi connectivity index (χ1n) is 7.48. The van der Waals surface area contributed by atoms with Gasteiger partial charge < -0.3 is 20.1 Å². The molecule has 2 N–H and O–H groups in total. The summed E-state index contributed by atoms with van der Waals surface area (Å²) >= 11 is 0. The van der Waals surface area contributed by atoms with Gasteiger partial charge in [0.1, 0.15) is 5.60 Å². The summed E-state index contributed by atoms with van der Waals surface area (Å²) in [5.41, 5.74) is 0.0755. The number of amides is 1. The van der Waals surface area contributed by atoms with Crippen LogP contribution in [0.15, 0.2) is 18.2 Å². The molecule has 22 heavy (non-hydrogen) atoms. The second-order valence-electron chi connectivity index (χ2n) is 5.42. The Morgan fingerprint density at radius 3 is 2.68 bits per heavy atom. The third-order valence-electron chi connectivity index (χ3n) is 4.13. The molecule has 1 aliphatic heterocycles. The number of piperidine rings is 1. The monoisotopic (exact) mass is 310 g/mol.